The topological polar surface area (TPSA) is 42.4 Å². The molecular weight excluding hydrogens is 336 g/mol. The Morgan fingerprint density at radius 3 is 2.30 bits per heavy atom. The van der Waals surface area contributed by atoms with Crippen molar-refractivity contribution in [1.29, 1.82) is 0 Å². The molecule has 0 N–H and O–H groups in total. The molecule has 0 saturated heterocycles. The first-order valence-corrected chi connectivity index (χ1v) is 10.1. The minimum atomic E-state index is 0.0636. The maximum Gasteiger partial charge on any atom is 0.220 e. The molecule has 1 aromatic carbocycles. The number of hydrogen-bond donors (Lipinski definition) is 0. The molecule has 3 rings (SSSR count). The molecule has 4 nitrogen and oxygen atoms in total. The number of pyridine rings is 1. The molecule has 4 heteroatoms. The highest BCUT2D eigenvalue weighted by molar-refractivity contribution is 5.73. The zero-order valence-corrected chi connectivity index (χ0v) is 16.3. The fourth-order valence-corrected chi connectivity index (χ4v) is 3.61. The summed E-state index contributed by atoms with van der Waals surface area (Å²) in [5, 5.41) is 0. The number of ether oxygens (including phenoxy) is 1. The van der Waals surface area contributed by atoms with Crippen LogP contribution in [0.3, 0.4) is 0 Å². The van der Waals surface area contributed by atoms with Crippen molar-refractivity contribution in [3.63, 3.8) is 0 Å². The molecule has 1 amide bonds. The van der Waals surface area contributed by atoms with E-state index >= 15 is 0 Å². The van der Waals surface area contributed by atoms with Gasteiger partial charge in [0.15, 0.2) is 0 Å². The van der Waals surface area contributed by atoms with Gasteiger partial charge in [-0.3, -0.25) is 9.78 Å². The third-order valence-corrected chi connectivity index (χ3v) is 5.19. The van der Waals surface area contributed by atoms with E-state index in [9.17, 15) is 4.79 Å². The molecule has 0 aliphatic heterocycles. The smallest absolute Gasteiger partial charge is 0.220 e. The van der Waals surface area contributed by atoms with Crippen molar-refractivity contribution in [3.05, 3.63) is 59.9 Å². The monoisotopic (exact) mass is 366 g/mol. The molecule has 0 radical (unpaired) electrons. The van der Waals surface area contributed by atoms with E-state index in [1.54, 1.807) is 13.1 Å². The van der Waals surface area contributed by atoms with Crippen molar-refractivity contribution in [3.8, 4) is 5.75 Å². The minimum Gasteiger partial charge on any atom is -0.490 e. The van der Waals surface area contributed by atoms with E-state index in [-0.39, 0.29) is 5.91 Å². The minimum absolute atomic E-state index is 0.0636. The van der Waals surface area contributed by atoms with Crippen LogP contribution in [-0.4, -0.2) is 21.9 Å². The zero-order valence-electron chi connectivity index (χ0n) is 16.3. The van der Waals surface area contributed by atoms with Crippen LogP contribution in [0.1, 0.15) is 63.0 Å². The lowest BCUT2D eigenvalue weighted by atomic mass is 9.98. The number of carbonyl (C=O) groups excluding carboxylic acids is 1. The first-order valence-electron chi connectivity index (χ1n) is 10.1. The van der Waals surface area contributed by atoms with Gasteiger partial charge >= 0.3 is 0 Å². The summed E-state index contributed by atoms with van der Waals surface area (Å²) < 4.78 is 6.21. The van der Waals surface area contributed by atoms with Gasteiger partial charge in [-0.1, -0.05) is 37.5 Å². The second-order valence-electron chi connectivity index (χ2n) is 7.47. The predicted molar refractivity (Wildman–Crippen MR) is 107 cm³/mol. The quantitative estimate of drug-likeness (QED) is 0.712. The van der Waals surface area contributed by atoms with Crippen LogP contribution in [0.15, 0.2) is 48.8 Å². The van der Waals surface area contributed by atoms with Gasteiger partial charge < -0.3 is 9.64 Å². The first-order chi connectivity index (χ1) is 13.2. The summed E-state index contributed by atoms with van der Waals surface area (Å²) in [6, 6.07) is 12.1. The van der Waals surface area contributed by atoms with Gasteiger partial charge in [0.2, 0.25) is 5.91 Å². The Balaban J connectivity index is 1.57. The van der Waals surface area contributed by atoms with Crippen LogP contribution in [0.25, 0.3) is 0 Å². The molecule has 1 heterocycles. The van der Waals surface area contributed by atoms with Crippen LogP contribution in [-0.2, 0) is 17.9 Å². The van der Waals surface area contributed by atoms with Crippen molar-refractivity contribution in [1.82, 2.24) is 9.88 Å². The fraction of sp³-hybridized carbons (Fsp3) is 0.478. The van der Waals surface area contributed by atoms with E-state index in [2.05, 4.69) is 17.1 Å². The third-order valence-electron chi connectivity index (χ3n) is 5.19. The number of nitrogens with zero attached hydrogens (tertiary/aromatic N) is 2. The van der Waals surface area contributed by atoms with Gasteiger partial charge in [0.05, 0.1) is 6.10 Å². The van der Waals surface area contributed by atoms with Crippen LogP contribution < -0.4 is 4.74 Å². The van der Waals surface area contributed by atoms with Crippen molar-refractivity contribution >= 4 is 5.91 Å². The van der Waals surface area contributed by atoms with Crippen molar-refractivity contribution in [2.45, 2.75) is 71.1 Å². The summed E-state index contributed by atoms with van der Waals surface area (Å²) >= 11 is 0. The summed E-state index contributed by atoms with van der Waals surface area (Å²) in [6.07, 6.45) is 12.8. The average Bonchev–Trinajstić information content (AvgIpc) is 2.65. The third kappa shape index (κ3) is 6.38. The Kier molecular flexibility index (Phi) is 7.26. The average molecular weight is 367 g/mol. The Bertz CT molecular complexity index is 692. The maximum absolute atomic E-state index is 12.0. The molecule has 2 aromatic rings. The van der Waals surface area contributed by atoms with Crippen LogP contribution in [0.4, 0.5) is 0 Å². The molecule has 0 spiro atoms. The Morgan fingerprint density at radius 2 is 1.67 bits per heavy atom. The van der Waals surface area contributed by atoms with Crippen LogP contribution in [0.2, 0.25) is 0 Å². The Hall–Kier alpha value is -2.36. The summed E-state index contributed by atoms with van der Waals surface area (Å²) in [4.78, 5) is 18.0. The standard InChI is InChI=1S/C23H30N2O2/c1-19(26)25(18-21-8-7-15-24-16-21)17-20-11-13-23(14-12-20)27-22-9-5-3-2-4-6-10-22/h7-8,11-16,22H,2-6,9-10,17-18H2,1H3. The summed E-state index contributed by atoms with van der Waals surface area (Å²) in [6.45, 7) is 2.78. The molecule has 1 saturated carbocycles. The first kappa shape index (κ1) is 19.4. The van der Waals surface area contributed by atoms with Gasteiger partial charge in [0.1, 0.15) is 5.75 Å². The summed E-state index contributed by atoms with van der Waals surface area (Å²) in [7, 11) is 0. The van der Waals surface area contributed by atoms with E-state index in [0.29, 0.717) is 19.2 Å². The summed E-state index contributed by atoms with van der Waals surface area (Å²) in [5.74, 6) is 1.000. The van der Waals surface area contributed by atoms with Gasteiger partial charge in [0, 0.05) is 32.4 Å². The van der Waals surface area contributed by atoms with Gasteiger partial charge in [-0.25, -0.2) is 0 Å². The van der Waals surface area contributed by atoms with Gasteiger partial charge in [-0.05, 0) is 55.0 Å². The highest BCUT2D eigenvalue weighted by atomic mass is 16.5. The molecule has 0 unspecified atom stereocenters. The van der Waals surface area contributed by atoms with Crippen molar-refractivity contribution in [2.75, 3.05) is 0 Å². The number of rotatable bonds is 6. The SMILES string of the molecule is CC(=O)N(Cc1ccc(OC2CCCCCCC2)cc1)Cc1cccnc1. The molecule has 1 aliphatic carbocycles. The molecule has 0 atom stereocenters. The number of carbonyl (C=O) groups is 1. The normalized spacial score (nSPS) is 15.6. The molecule has 27 heavy (non-hydrogen) atoms. The number of benzene rings is 1. The van der Waals surface area contributed by atoms with Gasteiger partial charge in [0.25, 0.3) is 0 Å². The van der Waals surface area contributed by atoms with E-state index in [1.165, 1.54) is 32.1 Å². The molecule has 1 aliphatic rings. The largest absolute Gasteiger partial charge is 0.490 e. The highest BCUT2D eigenvalue weighted by Crippen LogP contribution is 2.23. The second-order valence-corrected chi connectivity index (χ2v) is 7.47. The molecule has 0 bridgehead atoms. The molecule has 144 valence electrons. The number of hydrogen-bond acceptors (Lipinski definition) is 3. The Labute approximate surface area is 162 Å². The Morgan fingerprint density at radius 1 is 1.00 bits per heavy atom. The zero-order chi connectivity index (χ0) is 18.9. The number of amides is 1. The number of aromatic nitrogens is 1. The molecule has 1 aromatic heterocycles. The van der Waals surface area contributed by atoms with E-state index < -0.39 is 0 Å². The van der Waals surface area contributed by atoms with E-state index in [4.69, 9.17) is 4.74 Å². The second kappa shape index (κ2) is 10.1. The maximum atomic E-state index is 12.0. The molecule has 1 fully saturated rings. The van der Waals surface area contributed by atoms with E-state index in [1.807, 2.05) is 35.4 Å². The lowest BCUT2D eigenvalue weighted by molar-refractivity contribution is -0.130. The van der Waals surface area contributed by atoms with Gasteiger partial charge in [-0.2, -0.15) is 0 Å². The lowest BCUT2D eigenvalue weighted by Crippen LogP contribution is -2.27. The predicted octanol–water partition coefficient (Wildman–Crippen LogP) is 5.12. The van der Waals surface area contributed by atoms with Gasteiger partial charge in [-0.15, -0.1) is 0 Å². The van der Waals surface area contributed by atoms with Crippen molar-refractivity contribution in [2.24, 2.45) is 0 Å². The van der Waals surface area contributed by atoms with Crippen LogP contribution in [0, 0.1) is 0 Å². The highest BCUT2D eigenvalue weighted by Gasteiger charge is 2.14. The van der Waals surface area contributed by atoms with E-state index in [0.717, 1.165) is 29.7 Å². The van der Waals surface area contributed by atoms with Crippen molar-refractivity contribution < 1.29 is 9.53 Å². The van der Waals surface area contributed by atoms with Crippen LogP contribution in [0.5, 0.6) is 5.75 Å². The summed E-state index contributed by atoms with van der Waals surface area (Å²) in [5.41, 5.74) is 2.15. The lowest BCUT2D eigenvalue weighted by Gasteiger charge is -2.23. The van der Waals surface area contributed by atoms with Crippen LogP contribution >= 0.6 is 0 Å². The molecular formula is C23H30N2O2. The fourth-order valence-electron chi connectivity index (χ4n) is 3.61.